The van der Waals surface area contributed by atoms with Crippen LogP contribution in [0, 0.1) is 23.5 Å². The third-order valence-electron chi connectivity index (χ3n) is 8.28. The van der Waals surface area contributed by atoms with Crippen LogP contribution in [0.25, 0.3) is 10.9 Å². The standard InChI is InChI=1S/C29H32F2N2O4/c1-37-20-14-22-21(4-2-7-26(22)32-15-20)27(34)9-8-17-10-11-33(16-23(17)29(35)36)19-12-18(13-19)28-24(30)5-3-6-25(28)31/h2-7,14-15,17-19,23,27,34H,8-13,16H2,1H3,(H,35,36)/t17-,18?,19?,23+,27?/m1/s1. The predicted octanol–water partition coefficient (Wildman–Crippen LogP) is 5.30. The third kappa shape index (κ3) is 5.18. The van der Waals surface area contributed by atoms with Gasteiger partial charge in [0.15, 0.2) is 0 Å². The molecule has 0 radical (unpaired) electrons. The van der Waals surface area contributed by atoms with E-state index in [1.54, 1.807) is 13.3 Å². The van der Waals surface area contributed by atoms with Crippen molar-refractivity contribution in [1.29, 1.82) is 0 Å². The van der Waals surface area contributed by atoms with E-state index in [0.29, 0.717) is 44.4 Å². The maximum Gasteiger partial charge on any atom is 0.308 e. The molecule has 2 N–H and O–H groups in total. The van der Waals surface area contributed by atoms with Gasteiger partial charge in [-0.1, -0.05) is 18.2 Å². The van der Waals surface area contributed by atoms with Crippen molar-refractivity contribution in [3.8, 4) is 5.75 Å². The van der Waals surface area contributed by atoms with Crippen LogP contribution in [0.4, 0.5) is 8.78 Å². The number of carboxylic acids is 1. The molecule has 0 bridgehead atoms. The van der Waals surface area contributed by atoms with Crippen molar-refractivity contribution < 1.29 is 28.5 Å². The summed E-state index contributed by atoms with van der Waals surface area (Å²) in [4.78, 5) is 18.7. The molecule has 37 heavy (non-hydrogen) atoms. The fraction of sp³-hybridized carbons (Fsp3) is 0.448. The average molecular weight is 511 g/mol. The Labute approximate surface area is 214 Å². The van der Waals surface area contributed by atoms with Crippen molar-refractivity contribution in [2.45, 2.75) is 50.2 Å². The van der Waals surface area contributed by atoms with E-state index >= 15 is 0 Å². The van der Waals surface area contributed by atoms with Gasteiger partial charge in [-0.2, -0.15) is 0 Å². The van der Waals surface area contributed by atoms with E-state index in [0.717, 1.165) is 23.0 Å². The van der Waals surface area contributed by atoms with E-state index in [4.69, 9.17) is 4.74 Å². The zero-order valence-corrected chi connectivity index (χ0v) is 20.8. The highest BCUT2D eigenvalue weighted by atomic mass is 19.1. The molecule has 196 valence electrons. The van der Waals surface area contributed by atoms with Gasteiger partial charge in [-0.25, -0.2) is 8.78 Å². The number of fused-ring (bicyclic) bond motifs is 1. The lowest BCUT2D eigenvalue weighted by Crippen LogP contribution is -2.52. The number of aliphatic hydroxyl groups is 1. The van der Waals surface area contributed by atoms with E-state index in [1.807, 2.05) is 24.3 Å². The molecule has 0 spiro atoms. The van der Waals surface area contributed by atoms with Gasteiger partial charge in [-0.05, 0) is 80.3 Å². The number of likely N-dealkylation sites (tertiary alicyclic amines) is 1. The van der Waals surface area contributed by atoms with Gasteiger partial charge in [0.1, 0.15) is 17.4 Å². The van der Waals surface area contributed by atoms with Crippen LogP contribution in [0.2, 0.25) is 0 Å². The van der Waals surface area contributed by atoms with Crippen LogP contribution in [0.1, 0.15) is 55.3 Å². The minimum absolute atomic E-state index is 0.0501. The Morgan fingerprint density at radius 1 is 1.19 bits per heavy atom. The Bertz CT molecular complexity index is 1260. The van der Waals surface area contributed by atoms with E-state index in [2.05, 4.69) is 9.88 Å². The number of pyridine rings is 1. The van der Waals surface area contributed by atoms with Crippen molar-refractivity contribution in [1.82, 2.24) is 9.88 Å². The Morgan fingerprint density at radius 2 is 1.92 bits per heavy atom. The summed E-state index contributed by atoms with van der Waals surface area (Å²) in [5.41, 5.74) is 1.68. The Balaban J connectivity index is 1.20. The Morgan fingerprint density at radius 3 is 2.62 bits per heavy atom. The number of carboxylic acid groups (broad SMARTS) is 1. The topological polar surface area (TPSA) is 82.9 Å². The summed E-state index contributed by atoms with van der Waals surface area (Å²) in [7, 11) is 1.57. The highest BCUT2D eigenvalue weighted by molar-refractivity contribution is 5.83. The number of nitrogens with zero attached hydrogens (tertiary/aromatic N) is 2. The largest absolute Gasteiger partial charge is 0.495 e. The van der Waals surface area contributed by atoms with E-state index in [9.17, 15) is 23.8 Å². The van der Waals surface area contributed by atoms with Crippen molar-refractivity contribution >= 4 is 16.9 Å². The van der Waals surface area contributed by atoms with Crippen LogP contribution in [0.5, 0.6) is 5.75 Å². The lowest BCUT2D eigenvalue weighted by atomic mass is 9.72. The molecule has 1 saturated heterocycles. The molecular weight excluding hydrogens is 478 g/mol. The third-order valence-corrected chi connectivity index (χ3v) is 8.28. The highest BCUT2D eigenvalue weighted by Gasteiger charge is 2.42. The smallest absolute Gasteiger partial charge is 0.308 e. The molecule has 1 unspecified atom stereocenters. The number of hydrogen-bond donors (Lipinski definition) is 2. The Kier molecular flexibility index (Phi) is 7.40. The van der Waals surface area contributed by atoms with Crippen LogP contribution < -0.4 is 4.74 Å². The summed E-state index contributed by atoms with van der Waals surface area (Å²) in [5.74, 6) is -2.00. The minimum atomic E-state index is -0.834. The number of aliphatic hydroxyl groups excluding tert-OH is 1. The number of benzene rings is 2. The molecule has 2 fully saturated rings. The molecule has 2 aromatic carbocycles. The zero-order valence-electron chi connectivity index (χ0n) is 20.8. The van der Waals surface area contributed by atoms with Gasteiger partial charge in [0.05, 0.1) is 30.8 Å². The number of carbonyl (C=O) groups is 1. The van der Waals surface area contributed by atoms with Gasteiger partial charge in [0.2, 0.25) is 0 Å². The second-order valence-electron chi connectivity index (χ2n) is 10.3. The average Bonchev–Trinajstić information content (AvgIpc) is 2.87. The number of aliphatic carboxylic acids is 1. The lowest BCUT2D eigenvalue weighted by molar-refractivity contribution is -0.147. The number of rotatable bonds is 8. The number of halogens is 2. The molecule has 1 saturated carbocycles. The second-order valence-corrected chi connectivity index (χ2v) is 10.3. The number of hydrogen-bond acceptors (Lipinski definition) is 5. The summed E-state index contributed by atoms with van der Waals surface area (Å²) >= 11 is 0. The van der Waals surface area contributed by atoms with Gasteiger partial charge < -0.3 is 14.9 Å². The van der Waals surface area contributed by atoms with Crippen LogP contribution in [0.15, 0.2) is 48.7 Å². The monoisotopic (exact) mass is 510 g/mol. The summed E-state index contributed by atoms with van der Waals surface area (Å²) in [6.07, 6.45) is 3.91. The first-order valence-corrected chi connectivity index (χ1v) is 12.9. The highest BCUT2D eigenvalue weighted by Crippen LogP contribution is 2.44. The fourth-order valence-electron chi connectivity index (χ4n) is 6.09. The van der Waals surface area contributed by atoms with Crippen LogP contribution in [-0.2, 0) is 4.79 Å². The molecule has 1 aliphatic heterocycles. The van der Waals surface area contributed by atoms with E-state index in [-0.39, 0.29) is 23.4 Å². The molecule has 1 aromatic heterocycles. The lowest BCUT2D eigenvalue weighted by Gasteiger charge is -2.47. The SMILES string of the molecule is COc1cnc2cccc(C(O)CC[C@@H]3CCN(C4CC(c5c(F)cccc5F)C4)C[C@@H]3C(=O)O)c2c1. The summed E-state index contributed by atoms with van der Waals surface area (Å²) in [6.45, 7) is 1.17. The van der Waals surface area contributed by atoms with E-state index in [1.165, 1.54) is 18.2 Å². The minimum Gasteiger partial charge on any atom is -0.495 e. The Hall–Kier alpha value is -3.10. The quantitative estimate of drug-likeness (QED) is 0.428. The molecule has 6 nitrogen and oxygen atoms in total. The van der Waals surface area contributed by atoms with Crippen LogP contribution in [0.3, 0.4) is 0 Å². The number of aromatic nitrogens is 1. The first-order chi connectivity index (χ1) is 17.9. The molecule has 3 atom stereocenters. The summed E-state index contributed by atoms with van der Waals surface area (Å²) in [6, 6.07) is 11.6. The maximum atomic E-state index is 14.1. The molecular formula is C29H32F2N2O4. The number of methoxy groups -OCH3 is 1. The van der Waals surface area contributed by atoms with Crippen molar-refractivity contribution in [2.24, 2.45) is 11.8 Å². The normalized spacial score (nSPS) is 25.0. The molecule has 2 aliphatic rings. The number of piperidine rings is 1. The van der Waals surface area contributed by atoms with Crippen LogP contribution >= 0.6 is 0 Å². The maximum absolute atomic E-state index is 14.1. The predicted molar refractivity (Wildman–Crippen MR) is 135 cm³/mol. The number of ether oxygens (including phenoxy) is 1. The molecule has 1 aliphatic carbocycles. The van der Waals surface area contributed by atoms with E-state index < -0.39 is 29.6 Å². The summed E-state index contributed by atoms with van der Waals surface area (Å²) < 4.78 is 33.6. The first kappa shape index (κ1) is 25.5. The molecule has 0 amide bonds. The van der Waals surface area contributed by atoms with Crippen molar-refractivity contribution in [3.05, 3.63) is 71.4 Å². The fourth-order valence-corrected chi connectivity index (χ4v) is 6.09. The van der Waals surface area contributed by atoms with Gasteiger partial charge in [0, 0.05) is 23.5 Å². The second kappa shape index (κ2) is 10.7. The molecule has 2 heterocycles. The molecule has 3 aromatic rings. The first-order valence-electron chi connectivity index (χ1n) is 12.9. The van der Waals surface area contributed by atoms with Crippen molar-refractivity contribution in [2.75, 3.05) is 20.2 Å². The van der Waals surface area contributed by atoms with Gasteiger partial charge in [-0.15, -0.1) is 0 Å². The van der Waals surface area contributed by atoms with Gasteiger partial charge in [0.25, 0.3) is 0 Å². The summed E-state index contributed by atoms with van der Waals surface area (Å²) in [5, 5.41) is 21.8. The molecule has 8 heteroatoms. The van der Waals surface area contributed by atoms with Crippen LogP contribution in [-0.4, -0.2) is 52.3 Å². The molecule has 5 rings (SSSR count). The van der Waals surface area contributed by atoms with Gasteiger partial charge in [-0.3, -0.25) is 14.7 Å². The van der Waals surface area contributed by atoms with Gasteiger partial charge >= 0.3 is 5.97 Å². The zero-order chi connectivity index (χ0) is 26.1. The van der Waals surface area contributed by atoms with Crippen molar-refractivity contribution in [3.63, 3.8) is 0 Å².